The van der Waals surface area contributed by atoms with E-state index in [-0.39, 0.29) is 11.1 Å². The first-order valence-corrected chi connectivity index (χ1v) is 6.41. The molecular formula is C14H20N2O2. The summed E-state index contributed by atoms with van der Waals surface area (Å²) in [6, 6.07) is 5.01. The van der Waals surface area contributed by atoms with Crippen molar-refractivity contribution in [2.45, 2.75) is 44.6 Å². The Hall–Kier alpha value is -1.71. The number of nitrogens with one attached hydrogen (secondary N) is 1. The molecule has 0 aliphatic heterocycles. The van der Waals surface area contributed by atoms with Gasteiger partial charge >= 0.3 is 5.97 Å². The van der Waals surface area contributed by atoms with E-state index in [0.29, 0.717) is 11.4 Å². The van der Waals surface area contributed by atoms with E-state index in [1.165, 1.54) is 25.3 Å². The number of aromatic carboxylic acids is 1. The molecule has 0 aromatic heterocycles. The van der Waals surface area contributed by atoms with Gasteiger partial charge in [-0.05, 0) is 38.0 Å². The lowest BCUT2D eigenvalue weighted by Gasteiger charge is -2.36. The van der Waals surface area contributed by atoms with Gasteiger partial charge in [0.05, 0.1) is 5.56 Å². The van der Waals surface area contributed by atoms with Crippen molar-refractivity contribution in [2.75, 3.05) is 11.1 Å². The molecule has 2 rings (SSSR count). The Morgan fingerprint density at radius 2 is 2.00 bits per heavy atom. The average Bonchev–Trinajstić information content (AvgIpc) is 2.32. The zero-order valence-corrected chi connectivity index (χ0v) is 10.7. The van der Waals surface area contributed by atoms with Crippen LogP contribution in [0.4, 0.5) is 11.4 Å². The van der Waals surface area contributed by atoms with Crippen LogP contribution in [-0.4, -0.2) is 16.6 Å². The van der Waals surface area contributed by atoms with E-state index >= 15 is 0 Å². The molecular weight excluding hydrogens is 228 g/mol. The zero-order chi connectivity index (χ0) is 13.2. The second-order valence-electron chi connectivity index (χ2n) is 5.36. The van der Waals surface area contributed by atoms with Crippen LogP contribution in [0.2, 0.25) is 0 Å². The van der Waals surface area contributed by atoms with Crippen LogP contribution in [0.5, 0.6) is 0 Å². The fraction of sp³-hybridized carbons (Fsp3) is 0.500. The van der Waals surface area contributed by atoms with Crippen molar-refractivity contribution in [2.24, 2.45) is 0 Å². The van der Waals surface area contributed by atoms with Gasteiger partial charge in [-0.1, -0.05) is 19.3 Å². The van der Waals surface area contributed by atoms with E-state index in [4.69, 9.17) is 5.73 Å². The highest BCUT2D eigenvalue weighted by atomic mass is 16.4. The normalized spacial score (nSPS) is 18.3. The third kappa shape index (κ3) is 2.75. The number of nitrogens with two attached hydrogens (primary N) is 1. The van der Waals surface area contributed by atoms with Crippen LogP contribution in [0.3, 0.4) is 0 Å². The van der Waals surface area contributed by atoms with Gasteiger partial charge in [-0.2, -0.15) is 0 Å². The van der Waals surface area contributed by atoms with Crippen LogP contribution in [0.1, 0.15) is 49.4 Å². The lowest BCUT2D eigenvalue weighted by Crippen LogP contribution is -2.37. The predicted molar refractivity (Wildman–Crippen MR) is 72.9 cm³/mol. The number of carboxylic acid groups (broad SMARTS) is 1. The van der Waals surface area contributed by atoms with Crippen molar-refractivity contribution in [3.05, 3.63) is 23.8 Å². The summed E-state index contributed by atoms with van der Waals surface area (Å²) in [4.78, 5) is 11.2. The van der Waals surface area contributed by atoms with Crippen LogP contribution < -0.4 is 11.1 Å². The number of carboxylic acids is 1. The van der Waals surface area contributed by atoms with Crippen molar-refractivity contribution in [3.8, 4) is 0 Å². The highest BCUT2D eigenvalue weighted by Crippen LogP contribution is 2.32. The maximum Gasteiger partial charge on any atom is 0.337 e. The number of rotatable bonds is 3. The van der Waals surface area contributed by atoms with Crippen molar-refractivity contribution in [1.29, 1.82) is 0 Å². The smallest absolute Gasteiger partial charge is 0.337 e. The summed E-state index contributed by atoms with van der Waals surface area (Å²) >= 11 is 0. The maximum atomic E-state index is 11.2. The molecule has 0 amide bonds. The van der Waals surface area contributed by atoms with Gasteiger partial charge < -0.3 is 16.2 Å². The minimum Gasteiger partial charge on any atom is -0.478 e. The minimum atomic E-state index is -0.941. The molecule has 1 saturated carbocycles. The fourth-order valence-electron chi connectivity index (χ4n) is 2.63. The lowest BCUT2D eigenvalue weighted by atomic mass is 9.83. The van der Waals surface area contributed by atoms with Crippen molar-refractivity contribution < 1.29 is 9.90 Å². The van der Waals surface area contributed by atoms with E-state index in [0.717, 1.165) is 12.8 Å². The van der Waals surface area contributed by atoms with Crippen LogP contribution in [-0.2, 0) is 0 Å². The third-order valence-corrected chi connectivity index (χ3v) is 3.67. The maximum absolute atomic E-state index is 11.2. The summed E-state index contributed by atoms with van der Waals surface area (Å²) in [6.07, 6.45) is 5.82. The number of hydrogen-bond acceptors (Lipinski definition) is 3. The van der Waals surface area contributed by atoms with Gasteiger partial charge in [-0.3, -0.25) is 0 Å². The zero-order valence-electron chi connectivity index (χ0n) is 10.7. The number of benzene rings is 1. The number of carbonyl (C=O) groups is 1. The molecule has 0 spiro atoms. The second-order valence-corrected chi connectivity index (χ2v) is 5.36. The Bertz CT molecular complexity index is 451. The summed E-state index contributed by atoms with van der Waals surface area (Å²) in [7, 11) is 0. The van der Waals surface area contributed by atoms with Crippen molar-refractivity contribution in [1.82, 2.24) is 0 Å². The van der Waals surface area contributed by atoms with E-state index in [1.54, 1.807) is 12.1 Å². The standard InChI is InChI=1S/C14H20N2O2/c1-14(7-3-2-4-8-14)16-12-6-5-10(15)9-11(12)13(17)18/h5-6,9,16H,2-4,7-8,15H2,1H3,(H,17,18). The molecule has 0 saturated heterocycles. The SMILES string of the molecule is CC1(Nc2ccc(N)cc2C(=O)O)CCCCC1. The molecule has 0 unspecified atom stereocenters. The number of anilines is 2. The number of hydrogen-bond donors (Lipinski definition) is 3. The highest BCUT2D eigenvalue weighted by Gasteiger charge is 2.27. The van der Waals surface area contributed by atoms with E-state index < -0.39 is 5.97 Å². The summed E-state index contributed by atoms with van der Waals surface area (Å²) in [5.74, 6) is -0.941. The molecule has 4 heteroatoms. The molecule has 0 atom stereocenters. The molecule has 4 nitrogen and oxygen atoms in total. The Balaban J connectivity index is 2.25. The molecule has 4 N–H and O–H groups in total. The number of nitrogen functional groups attached to an aromatic ring is 1. The van der Waals surface area contributed by atoms with Crippen LogP contribution in [0, 0.1) is 0 Å². The summed E-state index contributed by atoms with van der Waals surface area (Å²) in [6.45, 7) is 2.16. The van der Waals surface area contributed by atoms with Crippen LogP contribution in [0.25, 0.3) is 0 Å². The molecule has 1 aliphatic rings. The van der Waals surface area contributed by atoms with Gasteiger partial charge in [0.2, 0.25) is 0 Å². The van der Waals surface area contributed by atoms with E-state index in [9.17, 15) is 9.90 Å². The molecule has 1 aromatic rings. The topological polar surface area (TPSA) is 75.3 Å². The Morgan fingerprint density at radius 3 is 2.61 bits per heavy atom. The van der Waals surface area contributed by atoms with Crippen LogP contribution >= 0.6 is 0 Å². The summed E-state index contributed by atoms with van der Waals surface area (Å²) < 4.78 is 0. The molecule has 18 heavy (non-hydrogen) atoms. The highest BCUT2D eigenvalue weighted by molar-refractivity contribution is 5.95. The minimum absolute atomic E-state index is 0.00142. The quantitative estimate of drug-likeness (QED) is 0.718. The summed E-state index contributed by atoms with van der Waals surface area (Å²) in [5.41, 5.74) is 7.04. The monoisotopic (exact) mass is 248 g/mol. The first kappa shape index (κ1) is 12.7. The molecule has 0 radical (unpaired) electrons. The van der Waals surface area contributed by atoms with Gasteiger partial charge in [-0.15, -0.1) is 0 Å². The molecule has 98 valence electrons. The van der Waals surface area contributed by atoms with Gasteiger partial charge in [0.1, 0.15) is 0 Å². The van der Waals surface area contributed by atoms with E-state index in [1.807, 2.05) is 0 Å². The van der Waals surface area contributed by atoms with E-state index in [2.05, 4.69) is 12.2 Å². The van der Waals surface area contributed by atoms with Crippen molar-refractivity contribution in [3.63, 3.8) is 0 Å². The molecule has 1 aliphatic carbocycles. The predicted octanol–water partition coefficient (Wildman–Crippen LogP) is 3.10. The Morgan fingerprint density at radius 1 is 1.33 bits per heavy atom. The molecule has 1 fully saturated rings. The molecule has 0 heterocycles. The first-order chi connectivity index (χ1) is 8.50. The largest absolute Gasteiger partial charge is 0.478 e. The average molecular weight is 248 g/mol. The Labute approximate surface area is 107 Å². The van der Waals surface area contributed by atoms with Crippen LogP contribution in [0.15, 0.2) is 18.2 Å². The Kier molecular flexibility index (Phi) is 3.45. The van der Waals surface area contributed by atoms with Gasteiger partial charge in [0.25, 0.3) is 0 Å². The van der Waals surface area contributed by atoms with Gasteiger partial charge in [0.15, 0.2) is 0 Å². The second kappa shape index (κ2) is 4.88. The van der Waals surface area contributed by atoms with Gasteiger partial charge in [-0.25, -0.2) is 4.79 Å². The molecule has 0 bridgehead atoms. The first-order valence-electron chi connectivity index (χ1n) is 6.41. The fourth-order valence-corrected chi connectivity index (χ4v) is 2.63. The third-order valence-electron chi connectivity index (χ3n) is 3.67. The van der Waals surface area contributed by atoms with Crippen molar-refractivity contribution >= 4 is 17.3 Å². The van der Waals surface area contributed by atoms with Gasteiger partial charge in [0, 0.05) is 16.9 Å². The summed E-state index contributed by atoms with van der Waals surface area (Å²) in [5, 5.41) is 12.6. The lowest BCUT2D eigenvalue weighted by molar-refractivity contribution is 0.0698. The molecule has 1 aromatic carbocycles.